The normalized spacial score (nSPS) is 17.7. The fourth-order valence-corrected chi connectivity index (χ4v) is 6.36. The molecule has 1 aliphatic carbocycles. The number of allylic oxidation sites excluding steroid dienone is 3. The summed E-state index contributed by atoms with van der Waals surface area (Å²) in [4.78, 5) is 27.4. The molecule has 2 aromatic carbocycles. The Hall–Kier alpha value is -3.74. The monoisotopic (exact) mass is 513 g/mol. The minimum absolute atomic E-state index is 0.00492. The molecule has 7 nitrogen and oxygen atoms in total. The number of carbonyl (C=O) groups excluding carboxylic acids is 2. The summed E-state index contributed by atoms with van der Waals surface area (Å²) in [5.41, 5.74) is 10.9. The van der Waals surface area contributed by atoms with Crippen molar-refractivity contribution in [1.82, 2.24) is 10.2 Å². The van der Waals surface area contributed by atoms with Crippen molar-refractivity contribution >= 4 is 39.8 Å². The number of thioether (sulfide) groups is 1. The number of benzene rings is 2. The number of hydrogen-bond donors (Lipinski definition) is 1. The van der Waals surface area contributed by atoms with Crippen LogP contribution in [0.15, 0.2) is 81.6 Å². The minimum atomic E-state index is -0.500. The molecule has 0 saturated heterocycles. The zero-order valence-corrected chi connectivity index (χ0v) is 21.2. The highest BCUT2D eigenvalue weighted by Gasteiger charge is 2.41. The van der Waals surface area contributed by atoms with Gasteiger partial charge in [0, 0.05) is 23.3 Å². The van der Waals surface area contributed by atoms with Crippen molar-refractivity contribution in [2.75, 3.05) is 10.7 Å². The minimum Gasteiger partial charge on any atom is -0.384 e. The SMILES string of the molecule is Cc1ccc(C2C(C#N)=C(N)N(c3nnc(SCC(=O)c4ccccc4)s3)C3=C2C(=O)CCC3)cc1. The number of aromatic nitrogens is 2. The Kier molecular flexibility index (Phi) is 6.72. The van der Waals surface area contributed by atoms with Crippen LogP contribution >= 0.6 is 23.1 Å². The molecule has 180 valence electrons. The molecule has 36 heavy (non-hydrogen) atoms. The number of nitriles is 1. The van der Waals surface area contributed by atoms with E-state index in [1.165, 1.54) is 23.1 Å². The number of ketones is 2. The van der Waals surface area contributed by atoms with Gasteiger partial charge >= 0.3 is 0 Å². The standard InChI is InChI=1S/C27H23N5O2S2/c1-16-10-12-18(13-11-16)23-19(14-28)25(29)32(20-8-5-9-21(33)24(20)23)26-30-31-27(36-26)35-15-22(34)17-6-3-2-4-7-17/h2-4,6-7,10-13,23H,5,8-9,15,29H2,1H3. The molecule has 0 fully saturated rings. The van der Waals surface area contributed by atoms with Crippen LogP contribution in [0.1, 0.15) is 46.7 Å². The maximum Gasteiger partial charge on any atom is 0.219 e. The molecule has 2 aliphatic rings. The molecule has 1 aromatic heterocycles. The van der Waals surface area contributed by atoms with Gasteiger partial charge in [-0.1, -0.05) is 83.3 Å². The lowest BCUT2D eigenvalue weighted by Gasteiger charge is -2.38. The summed E-state index contributed by atoms with van der Waals surface area (Å²) >= 11 is 2.60. The van der Waals surface area contributed by atoms with Crippen molar-refractivity contribution < 1.29 is 9.59 Å². The Morgan fingerprint density at radius 1 is 1.17 bits per heavy atom. The lowest BCUT2D eigenvalue weighted by Crippen LogP contribution is -2.38. The predicted molar refractivity (Wildman–Crippen MR) is 141 cm³/mol. The van der Waals surface area contributed by atoms with Gasteiger partial charge in [-0.25, -0.2) is 0 Å². The van der Waals surface area contributed by atoms with Crippen LogP contribution in [0, 0.1) is 18.3 Å². The Bertz CT molecular complexity index is 1430. The smallest absolute Gasteiger partial charge is 0.219 e. The highest BCUT2D eigenvalue weighted by atomic mass is 32.2. The quantitative estimate of drug-likeness (QED) is 0.357. The van der Waals surface area contributed by atoms with Crippen LogP contribution in [0.4, 0.5) is 5.13 Å². The number of rotatable bonds is 6. The molecule has 1 atom stereocenters. The summed E-state index contributed by atoms with van der Waals surface area (Å²) in [6, 6.07) is 19.2. The first-order valence-electron chi connectivity index (χ1n) is 11.5. The first-order chi connectivity index (χ1) is 17.5. The molecule has 2 N–H and O–H groups in total. The number of anilines is 1. The van der Waals surface area contributed by atoms with E-state index in [-0.39, 0.29) is 23.1 Å². The molecule has 2 heterocycles. The number of Topliss-reactive ketones (excluding diaryl/α,β-unsaturated/α-hetero) is 2. The fourth-order valence-electron chi connectivity index (χ4n) is 4.58. The van der Waals surface area contributed by atoms with Gasteiger partial charge in [-0.2, -0.15) is 5.26 Å². The average molecular weight is 514 g/mol. The molecular weight excluding hydrogens is 490 g/mol. The molecule has 0 bridgehead atoms. The Morgan fingerprint density at radius 2 is 1.92 bits per heavy atom. The number of aryl methyl sites for hydroxylation is 1. The van der Waals surface area contributed by atoms with Crippen molar-refractivity contribution in [3.8, 4) is 6.07 Å². The maximum absolute atomic E-state index is 13.2. The van der Waals surface area contributed by atoms with Crippen LogP contribution in [0.5, 0.6) is 0 Å². The summed E-state index contributed by atoms with van der Waals surface area (Å²) in [6.07, 6.45) is 1.79. The number of carbonyl (C=O) groups is 2. The van der Waals surface area contributed by atoms with Crippen LogP contribution in [0.25, 0.3) is 0 Å². The topological polar surface area (TPSA) is 113 Å². The molecular formula is C27H23N5O2S2. The van der Waals surface area contributed by atoms with Crippen LogP contribution < -0.4 is 10.6 Å². The van der Waals surface area contributed by atoms with Gasteiger partial charge < -0.3 is 5.73 Å². The van der Waals surface area contributed by atoms with Gasteiger partial charge in [-0.3, -0.25) is 14.5 Å². The number of nitrogens with two attached hydrogens (primary N) is 1. The molecule has 1 unspecified atom stereocenters. The van der Waals surface area contributed by atoms with Crippen molar-refractivity contribution in [3.05, 3.63) is 94.0 Å². The van der Waals surface area contributed by atoms with Crippen molar-refractivity contribution in [3.63, 3.8) is 0 Å². The van der Waals surface area contributed by atoms with Crippen molar-refractivity contribution in [2.45, 2.75) is 36.4 Å². The van der Waals surface area contributed by atoms with Gasteiger partial charge in [0.15, 0.2) is 15.9 Å². The molecule has 9 heteroatoms. The first-order valence-corrected chi connectivity index (χ1v) is 13.4. The third kappa shape index (κ3) is 4.45. The lowest BCUT2D eigenvalue weighted by atomic mass is 9.75. The van der Waals surface area contributed by atoms with Gasteiger partial charge in [-0.15, -0.1) is 10.2 Å². The summed E-state index contributed by atoms with van der Waals surface area (Å²) in [5.74, 6) is 0.0319. The zero-order chi connectivity index (χ0) is 25.2. The molecule has 0 amide bonds. The van der Waals surface area contributed by atoms with Gasteiger partial charge in [0.1, 0.15) is 5.82 Å². The van der Waals surface area contributed by atoms with E-state index in [1.54, 1.807) is 17.0 Å². The van der Waals surface area contributed by atoms with Crippen molar-refractivity contribution in [1.29, 1.82) is 5.26 Å². The largest absolute Gasteiger partial charge is 0.384 e. The summed E-state index contributed by atoms with van der Waals surface area (Å²) < 4.78 is 0.616. The zero-order valence-electron chi connectivity index (χ0n) is 19.6. The third-order valence-corrected chi connectivity index (χ3v) is 8.38. The Labute approximate surface area is 217 Å². The second kappa shape index (κ2) is 10.1. The second-order valence-electron chi connectivity index (χ2n) is 8.66. The van der Waals surface area contributed by atoms with Crippen molar-refractivity contribution in [2.24, 2.45) is 5.73 Å². The highest BCUT2D eigenvalue weighted by Crippen LogP contribution is 2.47. The molecule has 1 aliphatic heterocycles. The van der Waals surface area contributed by atoms with E-state index in [0.29, 0.717) is 45.4 Å². The van der Waals surface area contributed by atoms with Gasteiger partial charge in [-0.05, 0) is 25.3 Å². The van der Waals surface area contributed by atoms with Crippen LogP contribution in [-0.2, 0) is 4.79 Å². The van der Waals surface area contributed by atoms with Gasteiger partial charge in [0.2, 0.25) is 5.13 Å². The predicted octanol–water partition coefficient (Wildman–Crippen LogP) is 5.13. The van der Waals surface area contributed by atoms with Gasteiger partial charge in [0.25, 0.3) is 0 Å². The van der Waals surface area contributed by atoms with E-state index in [9.17, 15) is 14.9 Å². The summed E-state index contributed by atoms with van der Waals surface area (Å²) in [5, 5.41) is 19.2. The van der Waals surface area contributed by atoms with Crippen LogP contribution in [0.3, 0.4) is 0 Å². The Balaban J connectivity index is 1.49. The maximum atomic E-state index is 13.2. The fraction of sp³-hybridized carbons (Fsp3) is 0.222. The Morgan fingerprint density at radius 3 is 2.64 bits per heavy atom. The van der Waals surface area contributed by atoms with E-state index in [4.69, 9.17) is 5.73 Å². The third-order valence-electron chi connectivity index (χ3n) is 6.33. The average Bonchev–Trinajstić information content (AvgIpc) is 3.36. The summed E-state index contributed by atoms with van der Waals surface area (Å²) in [7, 11) is 0. The second-order valence-corrected chi connectivity index (χ2v) is 10.8. The molecule has 0 spiro atoms. The van der Waals surface area contributed by atoms with Gasteiger partial charge in [0.05, 0.1) is 23.3 Å². The summed E-state index contributed by atoms with van der Waals surface area (Å²) in [6.45, 7) is 2.00. The molecule has 5 rings (SSSR count). The van der Waals surface area contributed by atoms with E-state index in [2.05, 4.69) is 16.3 Å². The van der Waals surface area contributed by atoms with E-state index in [0.717, 1.165) is 16.8 Å². The number of hydrogen-bond acceptors (Lipinski definition) is 9. The van der Waals surface area contributed by atoms with E-state index < -0.39 is 5.92 Å². The van der Waals surface area contributed by atoms with E-state index in [1.807, 2.05) is 49.4 Å². The first kappa shape index (κ1) is 24.0. The van der Waals surface area contributed by atoms with Crippen LogP contribution in [0.2, 0.25) is 0 Å². The molecule has 0 saturated carbocycles. The highest BCUT2D eigenvalue weighted by molar-refractivity contribution is 8.01. The van der Waals surface area contributed by atoms with E-state index >= 15 is 0 Å². The number of nitrogens with zero attached hydrogens (tertiary/aromatic N) is 4. The molecule has 3 aromatic rings. The lowest BCUT2D eigenvalue weighted by molar-refractivity contribution is -0.116. The van der Waals surface area contributed by atoms with Crippen LogP contribution in [-0.4, -0.2) is 27.5 Å². The molecule has 0 radical (unpaired) electrons.